The SMILES string of the molecule is NC(=S)NC(=O)C(=O)NC(N)=S. The minimum atomic E-state index is -1.00. The number of carbonyl (C=O) groups is 2. The van der Waals surface area contributed by atoms with Crippen molar-refractivity contribution in [2.45, 2.75) is 0 Å². The molecule has 0 aliphatic heterocycles. The van der Waals surface area contributed by atoms with Crippen molar-refractivity contribution in [3.63, 3.8) is 0 Å². The van der Waals surface area contributed by atoms with E-state index in [1.165, 1.54) is 0 Å². The summed E-state index contributed by atoms with van der Waals surface area (Å²) in [7, 11) is 0. The van der Waals surface area contributed by atoms with Gasteiger partial charge in [0.05, 0.1) is 0 Å². The van der Waals surface area contributed by atoms with Crippen LogP contribution in [0.1, 0.15) is 0 Å². The Bertz CT molecular complexity index is 225. The van der Waals surface area contributed by atoms with Crippen LogP contribution in [0.25, 0.3) is 0 Å². The van der Waals surface area contributed by atoms with Crippen molar-refractivity contribution in [2.24, 2.45) is 11.5 Å². The molecule has 12 heavy (non-hydrogen) atoms. The second-order valence-corrected chi connectivity index (χ2v) is 2.52. The zero-order valence-electron chi connectivity index (χ0n) is 5.79. The highest BCUT2D eigenvalue weighted by atomic mass is 32.1. The van der Waals surface area contributed by atoms with E-state index >= 15 is 0 Å². The van der Waals surface area contributed by atoms with Crippen LogP contribution >= 0.6 is 24.4 Å². The molecular formula is C4H6N4O2S2. The predicted octanol–water partition coefficient (Wildman–Crippen LogP) is -2.29. The lowest BCUT2D eigenvalue weighted by Crippen LogP contribution is -2.47. The molecule has 6 nitrogen and oxygen atoms in total. The summed E-state index contributed by atoms with van der Waals surface area (Å²) in [5, 5.41) is 3.20. The van der Waals surface area contributed by atoms with Gasteiger partial charge in [-0.25, -0.2) is 0 Å². The van der Waals surface area contributed by atoms with Gasteiger partial charge in [-0.2, -0.15) is 0 Å². The molecule has 0 aliphatic carbocycles. The average molecular weight is 206 g/mol. The minimum absolute atomic E-state index is 0.293. The monoisotopic (exact) mass is 206 g/mol. The van der Waals surface area contributed by atoms with E-state index in [0.29, 0.717) is 0 Å². The third kappa shape index (κ3) is 4.52. The van der Waals surface area contributed by atoms with E-state index in [9.17, 15) is 9.59 Å². The van der Waals surface area contributed by atoms with Crippen LogP contribution in [0.15, 0.2) is 0 Å². The van der Waals surface area contributed by atoms with Crippen LogP contribution in [0.3, 0.4) is 0 Å². The fraction of sp³-hybridized carbons (Fsp3) is 0. The lowest BCUT2D eigenvalue weighted by atomic mass is 10.5. The fourth-order valence-electron chi connectivity index (χ4n) is 0.337. The fourth-order valence-corrected chi connectivity index (χ4v) is 0.523. The largest absolute Gasteiger partial charge is 0.376 e. The third-order valence-electron chi connectivity index (χ3n) is 0.680. The number of amides is 2. The molecule has 0 aromatic carbocycles. The van der Waals surface area contributed by atoms with Crippen molar-refractivity contribution in [1.29, 1.82) is 0 Å². The average Bonchev–Trinajstić information content (AvgIpc) is 1.84. The Balaban J connectivity index is 4.03. The smallest absolute Gasteiger partial charge is 0.315 e. The van der Waals surface area contributed by atoms with Gasteiger partial charge in [-0.1, -0.05) is 0 Å². The van der Waals surface area contributed by atoms with Crippen LogP contribution < -0.4 is 22.1 Å². The Kier molecular flexibility index (Phi) is 4.08. The van der Waals surface area contributed by atoms with Crippen LogP contribution in [0.2, 0.25) is 0 Å². The summed E-state index contributed by atoms with van der Waals surface area (Å²) in [4.78, 5) is 21.4. The topological polar surface area (TPSA) is 110 Å². The molecule has 0 heterocycles. The molecule has 66 valence electrons. The maximum absolute atomic E-state index is 10.7. The minimum Gasteiger partial charge on any atom is -0.376 e. The number of rotatable bonds is 0. The Morgan fingerprint density at radius 2 is 1.17 bits per heavy atom. The van der Waals surface area contributed by atoms with Crippen molar-refractivity contribution >= 4 is 46.5 Å². The highest BCUT2D eigenvalue weighted by molar-refractivity contribution is 7.80. The highest BCUT2D eigenvalue weighted by Crippen LogP contribution is 1.68. The van der Waals surface area contributed by atoms with E-state index < -0.39 is 11.8 Å². The van der Waals surface area contributed by atoms with Gasteiger partial charge in [-0.05, 0) is 24.4 Å². The molecule has 0 saturated heterocycles. The van der Waals surface area contributed by atoms with Crippen LogP contribution in [0.5, 0.6) is 0 Å². The van der Waals surface area contributed by atoms with E-state index in [1.54, 1.807) is 0 Å². The van der Waals surface area contributed by atoms with Gasteiger partial charge in [-0.3, -0.25) is 20.2 Å². The maximum atomic E-state index is 10.7. The Labute approximate surface area is 78.7 Å². The van der Waals surface area contributed by atoms with Gasteiger partial charge in [-0.15, -0.1) is 0 Å². The second-order valence-electron chi connectivity index (χ2n) is 1.64. The van der Waals surface area contributed by atoms with Crippen LogP contribution in [0.4, 0.5) is 0 Å². The first-order chi connectivity index (χ1) is 5.43. The Morgan fingerprint density at radius 3 is 1.33 bits per heavy atom. The van der Waals surface area contributed by atoms with Gasteiger partial charge in [0, 0.05) is 0 Å². The quantitative estimate of drug-likeness (QED) is 0.262. The molecule has 0 atom stereocenters. The summed E-state index contributed by atoms with van der Waals surface area (Å²) in [6.07, 6.45) is 0. The van der Waals surface area contributed by atoms with Gasteiger partial charge in [0.2, 0.25) is 0 Å². The van der Waals surface area contributed by atoms with Gasteiger partial charge in [0.1, 0.15) is 0 Å². The first kappa shape index (κ1) is 10.7. The van der Waals surface area contributed by atoms with Crippen LogP contribution in [-0.2, 0) is 9.59 Å². The summed E-state index contributed by atoms with van der Waals surface area (Å²) in [5.41, 5.74) is 9.83. The highest BCUT2D eigenvalue weighted by Gasteiger charge is 2.13. The van der Waals surface area contributed by atoms with Gasteiger partial charge in [0.25, 0.3) is 0 Å². The summed E-state index contributed by atoms with van der Waals surface area (Å²) >= 11 is 8.61. The molecule has 0 radical (unpaired) electrons. The summed E-state index contributed by atoms with van der Waals surface area (Å²) < 4.78 is 0. The zero-order valence-corrected chi connectivity index (χ0v) is 7.42. The summed E-state index contributed by atoms with van der Waals surface area (Å²) in [5.74, 6) is -2.01. The zero-order chi connectivity index (χ0) is 9.72. The second kappa shape index (κ2) is 4.57. The lowest BCUT2D eigenvalue weighted by Gasteiger charge is -2.01. The number of thiocarbonyl (C=S) groups is 2. The Hall–Kier alpha value is -1.28. The van der Waals surface area contributed by atoms with E-state index in [-0.39, 0.29) is 10.2 Å². The van der Waals surface area contributed by atoms with Gasteiger partial charge in [0.15, 0.2) is 10.2 Å². The first-order valence-corrected chi connectivity index (χ1v) is 3.46. The van der Waals surface area contributed by atoms with Crippen LogP contribution in [0, 0.1) is 0 Å². The molecule has 0 unspecified atom stereocenters. The maximum Gasteiger partial charge on any atom is 0.315 e. The Morgan fingerprint density at radius 1 is 0.917 bits per heavy atom. The molecule has 0 fully saturated rings. The molecule has 0 rings (SSSR count). The van der Waals surface area contributed by atoms with Crippen LogP contribution in [-0.4, -0.2) is 22.0 Å². The van der Waals surface area contributed by atoms with Gasteiger partial charge >= 0.3 is 11.8 Å². The molecule has 0 bridgehead atoms. The molecule has 0 aromatic rings. The third-order valence-corrected chi connectivity index (χ3v) is 0.884. The van der Waals surface area contributed by atoms with Crippen molar-refractivity contribution in [2.75, 3.05) is 0 Å². The first-order valence-electron chi connectivity index (χ1n) is 2.64. The normalized spacial score (nSPS) is 8.33. The molecule has 6 N–H and O–H groups in total. The molecule has 0 spiro atoms. The van der Waals surface area contributed by atoms with E-state index in [2.05, 4.69) is 24.4 Å². The predicted molar refractivity (Wildman–Crippen MR) is 49.9 cm³/mol. The van der Waals surface area contributed by atoms with Crippen molar-refractivity contribution < 1.29 is 9.59 Å². The number of nitrogens with one attached hydrogen (secondary N) is 2. The van der Waals surface area contributed by atoms with E-state index in [0.717, 1.165) is 0 Å². The lowest BCUT2D eigenvalue weighted by molar-refractivity contribution is -0.137. The van der Waals surface area contributed by atoms with Gasteiger partial charge < -0.3 is 11.5 Å². The van der Waals surface area contributed by atoms with Crippen molar-refractivity contribution in [3.05, 3.63) is 0 Å². The molecule has 0 aliphatic rings. The van der Waals surface area contributed by atoms with E-state index in [4.69, 9.17) is 11.5 Å². The van der Waals surface area contributed by atoms with Crippen molar-refractivity contribution in [1.82, 2.24) is 10.6 Å². The van der Waals surface area contributed by atoms with E-state index in [1.807, 2.05) is 10.6 Å². The molecular weight excluding hydrogens is 200 g/mol. The number of nitrogens with two attached hydrogens (primary N) is 2. The molecule has 0 saturated carbocycles. The standard InChI is InChI=1S/C4H6N4O2S2/c5-3(11)7-1(9)2(10)8-4(6)12/h(H3,5,7,9,11)(H3,6,8,10,12). The summed E-state index contributed by atoms with van der Waals surface area (Å²) in [6.45, 7) is 0. The number of hydrogen-bond acceptors (Lipinski definition) is 4. The molecule has 2 amide bonds. The summed E-state index contributed by atoms with van der Waals surface area (Å²) in [6, 6.07) is 0. The molecule has 8 heteroatoms. The molecule has 0 aromatic heterocycles. The number of hydrogen-bond donors (Lipinski definition) is 4. The number of carbonyl (C=O) groups excluding carboxylic acids is 2. The van der Waals surface area contributed by atoms with Crippen molar-refractivity contribution in [3.8, 4) is 0 Å².